The largest absolute Gasteiger partial charge is 0.378 e. The zero-order valence-corrected chi connectivity index (χ0v) is 22.1. The normalized spacial score (nSPS) is 11.8. The van der Waals surface area contributed by atoms with Gasteiger partial charge in [0.1, 0.15) is 5.60 Å². The third kappa shape index (κ3) is 3.64. The fourth-order valence-corrected chi connectivity index (χ4v) is 5.53. The Labute approximate surface area is 214 Å². The summed E-state index contributed by atoms with van der Waals surface area (Å²) in [5.74, 6) is 0. The summed E-state index contributed by atoms with van der Waals surface area (Å²) >= 11 is 0. The molecule has 4 nitrogen and oxygen atoms in total. The van der Waals surface area contributed by atoms with Gasteiger partial charge >= 0.3 is 0 Å². The quantitative estimate of drug-likeness (QED) is 0.238. The molecule has 184 valence electrons. The zero-order valence-electron chi connectivity index (χ0n) is 22.1. The summed E-state index contributed by atoms with van der Waals surface area (Å²) in [6.45, 7) is 3.09. The maximum Gasteiger partial charge on any atom is 0.145 e. The zero-order chi connectivity index (χ0) is 25.4. The minimum Gasteiger partial charge on any atom is -0.378 e. The Bertz CT molecular complexity index is 1440. The summed E-state index contributed by atoms with van der Waals surface area (Å²) < 4.78 is 9.09. The van der Waals surface area contributed by atoms with Gasteiger partial charge in [0.15, 0.2) is 0 Å². The third-order valence-electron chi connectivity index (χ3n) is 7.37. The van der Waals surface area contributed by atoms with Crippen LogP contribution >= 0.6 is 0 Å². The van der Waals surface area contributed by atoms with Gasteiger partial charge in [0.25, 0.3) is 0 Å². The van der Waals surface area contributed by atoms with Crippen molar-refractivity contribution in [2.24, 2.45) is 0 Å². The van der Waals surface area contributed by atoms with Gasteiger partial charge in [0.05, 0.1) is 5.52 Å². The molecule has 0 fully saturated rings. The predicted molar refractivity (Wildman–Crippen MR) is 154 cm³/mol. The summed E-state index contributed by atoms with van der Waals surface area (Å²) in [4.78, 5) is 4.25. The van der Waals surface area contributed by atoms with Crippen LogP contribution in [-0.4, -0.2) is 39.9 Å². The lowest BCUT2D eigenvalue weighted by atomic mass is 9.79. The molecule has 0 radical (unpaired) electrons. The van der Waals surface area contributed by atoms with Gasteiger partial charge in [-0.05, 0) is 48.4 Å². The highest BCUT2D eigenvalue weighted by Gasteiger charge is 2.39. The second-order valence-corrected chi connectivity index (χ2v) is 9.73. The highest BCUT2D eigenvalue weighted by Crippen LogP contribution is 2.45. The van der Waals surface area contributed by atoms with Crippen LogP contribution in [-0.2, 0) is 16.9 Å². The molecule has 0 saturated carbocycles. The van der Waals surface area contributed by atoms with Crippen molar-refractivity contribution in [2.45, 2.75) is 19.1 Å². The van der Waals surface area contributed by atoms with Gasteiger partial charge in [-0.15, -0.1) is 0 Å². The standard InChI is InChI=1S/C32H35N3O/c1-7-35-30-14-9-8-11-27(30)28-12-10-13-29(31(28)35)32(36-6,23-15-19-25(20-16-23)33(2)3)24-17-21-26(22-18-24)34(4)5/h8-22H,7H2,1-6H3. The lowest BCUT2D eigenvalue weighted by molar-refractivity contribution is 0.0595. The first kappa shape index (κ1) is 24.0. The van der Waals surface area contributed by atoms with E-state index in [0.717, 1.165) is 34.6 Å². The van der Waals surface area contributed by atoms with E-state index >= 15 is 0 Å². The minimum atomic E-state index is -0.781. The van der Waals surface area contributed by atoms with Crippen LogP contribution < -0.4 is 9.80 Å². The molecule has 5 rings (SSSR count). The maximum absolute atomic E-state index is 6.66. The molecule has 4 heteroatoms. The van der Waals surface area contributed by atoms with E-state index in [9.17, 15) is 0 Å². The molecule has 0 unspecified atom stereocenters. The van der Waals surface area contributed by atoms with E-state index < -0.39 is 5.60 Å². The highest BCUT2D eigenvalue weighted by atomic mass is 16.5. The van der Waals surface area contributed by atoms with Gasteiger partial charge in [-0.25, -0.2) is 0 Å². The third-order valence-corrected chi connectivity index (χ3v) is 7.37. The molecular formula is C32H35N3O. The van der Waals surface area contributed by atoms with Crippen molar-refractivity contribution in [3.8, 4) is 0 Å². The van der Waals surface area contributed by atoms with Crippen molar-refractivity contribution < 1.29 is 4.74 Å². The van der Waals surface area contributed by atoms with E-state index in [1.54, 1.807) is 0 Å². The molecule has 0 N–H and O–H groups in total. The fraction of sp³-hybridized carbons (Fsp3) is 0.250. The number of hydrogen-bond donors (Lipinski definition) is 0. The predicted octanol–water partition coefficient (Wildman–Crippen LogP) is 6.88. The van der Waals surface area contributed by atoms with Crippen LogP contribution in [0.1, 0.15) is 23.6 Å². The van der Waals surface area contributed by atoms with Crippen molar-refractivity contribution in [1.29, 1.82) is 0 Å². The Morgan fingerprint density at radius 1 is 0.667 bits per heavy atom. The number of fused-ring (bicyclic) bond motifs is 3. The van der Waals surface area contributed by atoms with E-state index in [2.05, 4.69) is 140 Å². The Morgan fingerprint density at radius 2 is 1.19 bits per heavy atom. The monoisotopic (exact) mass is 477 g/mol. The van der Waals surface area contributed by atoms with E-state index in [1.807, 2.05) is 7.11 Å². The molecular weight excluding hydrogens is 442 g/mol. The molecule has 0 spiro atoms. The van der Waals surface area contributed by atoms with Crippen LogP contribution in [0, 0.1) is 0 Å². The number of hydrogen-bond acceptors (Lipinski definition) is 3. The SMILES string of the molecule is CCn1c2ccccc2c2cccc(C(OC)(c3ccc(N(C)C)cc3)c3ccc(N(C)C)cc3)c21. The molecule has 1 heterocycles. The number of aromatic nitrogens is 1. The molecule has 36 heavy (non-hydrogen) atoms. The molecule has 0 aliphatic rings. The first-order chi connectivity index (χ1) is 17.4. The second kappa shape index (κ2) is 9.36. The molecule has 1 aromatic heterocycles. The fourth-order valence-electron chi connectivity index (χ4n) is 5.53. The van der Waals surface area contributed by atoms with Gasteiger partial charge < -0.3 is 19.1 Å². The van der Waals surface area contributed by atoms with Crippen molar-refractivity contribution in [2.75, 3.05) is 45.1 Å². The number of para-hydroxylation sites is 2. The van der Waals surface area contributed by atoms with Crippen molar-refractivity contribution >= 4 is 33.2 Å². The van der Waals surface area contributed by atoms with Gasteiger partial charge in [-0.1, -0.05) is 60.7 Å². The number of benzene rings is 4. The molecule has 0 bridgehead atoms. The Kier molecular flexibility index (Phi) is 6.23. The molecule has 0 atom stereocenters. The van der Waals surface area contributed by atoms with Crippen LogP contribution in [0.3, 0.4) is 0 Å². The van der Waals surface area contributed by atoms with Gasteiger partial charge in [0, 0.05) is 75.1 Å². The first-order valence-electron chi connectivity index (χ1n) is 12.5. The smallest absolute Gasteiger partial charge is 0.145 e. The summed E-state index contributed by atoms with van der Waals surface area (Å²) in [6, 6.07) is 32.8. The number of methoxy groups -OCH3 is 1. The van der Waals surface area contributed by atoms with Gasteiger partial charge in [-0.2, -0.15) is 0 Å². The second-order valence-electron chi connectivity index (χ2n) is 9.73. The summed E-state index contributed by atoms with van der Waals surface area (Å²) in [7, 11) is 10.1. The molecule has 0 aliphatic heterocycles. The number of anilines is 2. The number of nitrogens with zero attached hydrogens (tertiary/aromatic N) is 3. The lowest BCUT2D eigenvalue weighted by Crippen LogP contribution is -2.32. The van der Waals surface area contributed by atoms with E-state index in [0.29, 0.717) is 0 Å². The molecule has 0 aliphatic carbocycles. The summed E-state index contributed by atoms with van der Waals surface area (Å²) in [5, 5.41) is 2.52. The molecule has 0 amide bonds. The Morgan fingerprint density at radius 3 is 1.69 bits per heavy atom. The molecule has 4 aromatic carbocycles. The van der Waals surface area contributed by atoms with Gasteiger partial charge in [0.2, 0.25) is 0 Å². The van der Waals surface area contributed by atoms with E-state index in [-0.39, 0.29) is 0 Å². The van der Waals surface area contributed by atoms with Crippen molar-refractivity contribution in [1.82, 2.24) is 4.57 Å². The van der Waals surface area contributed by atoms with Gasteiger partial charge in [-0.3, -0.25) is 0 Å². The van der Waals surface area contributed by atoms with E-state index in [4.69, 9.17) is 4.74 Å². The number of aryl methyl sites for hydroxylation is 1. The number of rotatable bonds is 7. The first-order valence-corrected chi connectivity index (χ1v) is 12.5. The minimum absolute atomic E-state index is 0.781. The molecule has 5 aromatic rings. The van der Waals surface area contributed by atoms with Crippen LogP contribution in [0.5, 0.6) is 0 Å². The van der Waals surface area contributed by atoms with Crippen LogP contribution in [0.25, 0.3) is 21.8 Å². The van der Waals surface area contributed by atoms with Crippen LogP contribution in [0.2, 0.25) is 0 Å². The topological polar surface area (TPSA) is 20.6 Å². The van der Waals surface area contributed by atoms with E-state index in [1.165, 1.54) is 21.8 Å². The van der Waals surface area contributed by atoms with Crippen LogP contribution in [0.15, 0.2) is 91.0 Å². The Balaban J connectivity index is 1.88. The maximum atomic E-state index is 6.66. The molecule has 0 saturated heterocycles. The highest BCUT2D eigenvalue weighted by molar-refractivity contribution is 6.09. The Hall–Kier alpha value is -3.76. The summed E-state index contributed by atoms with van der Waals surface area (Å²) in [6.07, 6.45) is 0. The van der Waals surface area contributed by atoms with Crippen molar-refractivity contribution in [3.63, 3.8) is 0 Å². The average Bonchev–Trinajstić information content (AvgIpc) is 3.24. The lowest BCUT2D eigenvalue weighted by Gasteiger charge is -2.36. The van der Waals surface area contributed by atoms with Crippen molar-refractivity contribution in [3.05, 3.63) is 108 Å². The number of ether oxygens (including phenoxy) is 1. The average molecular weight is 478 g/mol. The van der Waals surface area contributed by atoms with Crippen LogP contribution in [0.4, 0.5) is 11.4 Å². The summed E-state index contributed by atoms with van der Waals surface area (Å²) in [5.41, 5.74) is 7.36.